The Morgan fingerprint density at radius 1 is 1.12 bits per heavy atom. The number of nitrogens with zero attached hydrogens (tertiary/aromatic N) is 3. The van der Waals surface area contributed by atoms with Gasteiger partial charge in [-0.2, -0.15) is 0 Å². The van der Waals surface area contributed by atoms with E-state index in [0.29, 0.717) is 17.4 Å². The molecule has 0 bridgehead atoms. The minimum absolute atomic E-state index is 0.00763. The molecule has 0 fully saturated rings. The molecule has 0 atom stereocenters. The van der Waals surface area contributed by atoms with Crippen LogP contribution in [0.4, 0.5) is 0 Å². The van der Waals surface area contributed by atoms with E-state index in [9.17, 15) is 0 Å². The van der Waals surface area contributed by atoms with Gasteiger partial charge in [0.25, 0.3) is 0 Å². The third-order valence-corrected chi connectivity index (χ3v) is 4.45. The molecule has 2 aromatic heterocycles. The molecule has 0 radical (unpaired) electrons. The first-order chi connectivity index (χ1) is 12.5. The lowest BCUT2D eigenvalue weighted by atomic mass is 9.94. The van der Waals surface area contributed by atoms with Crippen molar-refractivity contribution in [2.75, 3.05) is 0 Å². The lowest BCUT2D eigenvalue weighted by Gasteiger charge is -2.17. The maximum absolute atomic E-state index is 6.06. The van der Waals surface area contributed by atoms with Crippen LogP contribution in [0.3, 0.4) is 0 Å². The number of benzene rings is 1. The highest BCUT2D eigenvalue weighted by Gasteiger charge is 2.27. The summed E-state index contributed by atoms with van der Waals surface area (Å²) in [6, 6.07) is 9.58. The van der Waals surface area contributed by atoms with Crippen molar-refractivity contribution in [1.29, 1.82) is 0 Å². The molecular weight excluding hydrogens is 350 g/mol. The zero-order valence-corrected chi connectivity index (χ0v) is 15.5. The topological polar surface area (TPSA) is 60.5 Å². The van der Waals surface area contributed by atoms with Crippen LogP contribution in [-0.4, -0.2) is 22.0 Å². The summed E-state index contributed by atoms with van der Waals surface area (Å²) >= 11 is 6.06. The molecule has 3 aromatic rings. The van der Waals surface area contributed by atoms with Gasteiger partial charge < -0.3 is 9.26 Å². The monoisotopic (exact) mass is 367 g/mol. The number of aliphatic imine (C=N–C) groups is 1. The first-order valence-corrected chi connectivity index (χ1v) is 8.84. The van der Waals surface area contributed by atoms with Gasteiger partial charge in [0.2, 0.25) is 5.88 Å². The fourth-order valence-electron chi connectivity index (χ4n) is 3.14. The van der Waals surface area contributed by atoms with Crippen molar-refractivity contribution in [3.05, 3.63) is 64.1 Å². The molecule has 1 aromatic carbocycles. The second kappa shape index (κ2) is 6.57. The van der Waals surface area contributed by atoms with Crippen molar-refractivity contribution < 1.29 is 9.26 Å². The maximum Gasteiger partial charge on any atom is 0.223 e. The second-order valence-corrected chi connectivity index (χ2v) is 6.88. The predicted octanol–water partition coefficient (Wildman–Crippen LogP) is 4.84. The Morgan fingerprint density at radius 3 is 2.62 bits per heavy atom. The molecule has 3 heterocycles. The van der Waals surface area contributed by atoms with Gasteiger partial charge in [0.15, 0.2) is 5.76 Å². The van der Waals surface area contributed by atoms with Crippen LogP contribution in [0, 0.1) is 6.92 Å². The quantitative estimate of drug-likeness (QED) is 0.664. The van der Waals surface area contributed by atoms with Gasteiger partial charge in [-0.1, -0.05) is 28.9 Å². The first kappa shape index (κ1) is 16.8. The van der Waals surface area contributed by atoms with E-state index >= 15 is 0 Å². The SMILES string of the molecule is Cc1noc2c1-c1ccnc(OC(C)C)c1C(c1ccc(Cl)cc1)=NC2. The van der Waals surface area contributed by atoms with E-state index in [1.165, 1.54) is 0 Å². The van der Waals surface area contributed by atoms with Crippen molar-refractivity contribution in [1.82, 2.24) is 10.1 Å². The van der Waals surface area contributed by atoms with Crippen molar-refractivity contribution in [2.24, 2.45) is 4.99 Å². The highest BCUT2D eigenvalue weighted by Crippen LogP contribution is 2.38. The lowest BCUT2D eigenvalue weighted by Crippen LogP contribution is -2.13. The summed E-state index contributed by atoms with van der Waals surface area (Å²) in [6.07, 6.45) is 1.74. The van der Waals surface area contributed by atoms with Crippen LogP contribution < -0.4 is 4.74 Å². The number of hydrogen-bond acceptors (Lipinski definition) is 5. The molecule has 26 heavy (non-hydrogen) atoms. The van der Waals surface area contributed by atoms with Crippen LogP contribution in [0.5, 0.6) is 5.88 Å². The molecule has 0 aliphatic carbocycles. The molecule has 0 amide bonds. The summed E-state index contributed by atoms with van der Waals surface area (Å²) in [5, 5.41) is 4.80. The van der Waals surface area contributed by atoms with Crippen LogP contribution in [0.1, 0.15) is 36.4 Å². The summed E-state index contributed by atoms with van der Waals surface area (Å²) in [5.74, 6) is 1.30. The fourth-order valence-corrected chi connectivity index (χ4v) is 3.26. The van der Waals surface area contributed by atoms with Crippen LogP contribution in [-0.2, 0) is 6.54 Å². The zero-order chi connectivity index (χ0) is 18.3. The fraction of sp³-hybridized carbons (Fsp3) is 0.250. The summed E-state index contributed by atoms with van der Waals surface area (Å²) < 4.78 is 11.5. The number of fused-ring (bicyclic) bond motifs is 3. The van der Waals surface area contributed by atoms with Gasteiger partial charge in [0.05, 0.1) is 28.6 Å². The molecule has 5 nitrogen and oxygen atoms in total. The minimum Gasteiger partial charge on any atom is -0.474 e. The lowest BCUT2D eigenvalue weighted by molar-refractivity contribution is 0.232. The third-order valence-electron chi connectivity index (χ3n) is 4.20. The molecule has 0 N–H and O–H groups in total. The second-order valence-electron chi connectivity index (χ2n) is 6.44. The van der Waals surface area contributed by atoms with Gasteiger partial charge in [0, 0.05) is 22.3 Å². The number of hydrogen-bond donors (Lipinski definition) is 0. The van der Waals surface area contributed by atoms with Crippen molar-refractivity contribution in [3.63, 3.8) is 0 Å². The van der Waals surface area contributed by atoms with Gasteiger partial charge in [-0.05, 0) is 39.0 Å². The Balaban J connectivity index is 1.99. The number of rotatable bonds is 3. The maximum atomic E-state index is 6.06. The molecule has 0 saturated heterocycles. The summed E-state index contributed by atoms with van der Waals surface area (Å²) in [5.41, 5.74) is 5.38. The van der Waals surface area contributed by atoms with Gasteiger partial charge in [0.1, 0.15) is 6.54 Å². The molecule has 1 aliphatic rings. The molecule has 0 spiro atoms. The Labute approximate surface area is 156 Å². The van der Waals surface area contributed by atoms with Crippen molar-refractivity contribution >= 4 is 17.3 Å². The Bertz CT molecular complexity index is 991. The van der Waals surface area contributed by atoms with E-state index < -0.39 is 0 Å². The molecule has 132 valence electrons. The predicted molar refractivity (Wildman–Crippen MR) is 101 cm³/mol. The Morgan fingerprint density at radius 2 is 1.88 bits per heavy atom. The van der Waals surface area contributed by atoms with Gasteiger partial charge in [-0.15, -0.1) is 0 Å². The van der Waals surface area contributed by atoms with Crippen molar-refractivity contribution in [3.8, 4) is 17.0 Å². The Kier molecular flexibility index (Phi) is 4.24. The van der Waals surface area contributed by atoms with E-state index in [-0.39, 0.29) is 6.10 Å². The van der Waals surface area contributed by atoms with Crippen molar-refractivity contribution in [2.45, 2.75) is 33.4 Å². The van der Waals surface area contributed by atoms with E-state index in [2.05, 4.69) is 10.1 Å². The molecule has 6 heteroatoms. The normalized spacial score (nSPS) is 13.0. The molecular formula is C20H18ClN3O2. The number of pyridine rings is 1. The standard InChI is InChI=1S/C20H18ClN3O2/c1-11(2)25-20-18-15(8-9-22-20)17-12(3)24-26-16(17)10-23-19(18)13-4-6-14(21)7-5-13/h4-9,11H,10H2,1-3H3. The molecule has 0 unspecified atom stereocenters. The average molecular weight is 368 g/mol. The van der Waals surface area contributed by atoms with Gasteiger partial charge >= 0.3 is 0 Å². The number of ether oxygens (including phenoxy) is 1. The molecule has 0 saturated carbocycles. The average Bonchev–Trinajstić information content (AvgIpc) is 2.88. The van der Waals surface area contributed by atoms with Crippen LogP contribution in [0.2, 0.25) is 5.02 Å². The third kappa shape index (κ3) is 2.88. The van der Waals surface area contributed by atoms with Gasteiger partial charge in [-0.25, -0.2) is 4.98 Å². The van der Waals surface area contributed by atoms with E-state index in [1.54, 1.807) is 6.20 Å². The van der Waals surface area contributed by atoms with Crippen LogP contribution in [0.25, 0.3) is 11.1 Å². The number of halogens is 1. The Hall–Kier alpha value is -2.66. The van der Waals surface area contributed by atoms with E-state index in [0.717, 1.165) is 39.4 Å². The first-order valence-electron chi connectivity index (χ1n) is 8.46. The van der Waals surface area contributed by atoms with Crippen LogP contribution in [0.15, 0.2) is 46.0 Å². The number of aromatic nitrogens is 2. The van der Waals surface area contributed by atoms with Gasteiger partial charge in [-0.3, -0.25) is 4.99 Å². The summed E-state index contributed by atoms with van der Waals surface area (Å²) in [7, 11) is 0. The molecule has 1 aliphatic heterocycles. The largest absolute Gasteiger partial charge is 0.474 e. The number of aryl methyl sites for hydroxylation is 1. The van der Waals surface area contributed by atoms with E-state index in [1.807, 2.05) is 51.1 Å². The summed E-state index contributed by atoms with van der Waals surface area (Å²) in [4.78, 5) is 9.28. The highest BCUT2D eigenvalue weighted by molar-refractivity contribution is 6.30. The summed E-state index contributed by atoms with van der Waals surface area (Å²) in [6.45, 7) is 6.30. The van der Waals surface area contributed by atoms with Crippen LogP contribution >= 0.6 is 11.6 Å². The van der Waals surface area contributed by atoms with E-state index in [4.69, 9.17) is 25.9 Å². The smallest absolute Gasteiger partial charge is 0.223 e. The highest BCUT2D eigenvalue weighted by atomic mass is 35.5. The molecule has 4 rings (SSSR count). The zero-order valence-electron chi connectivity index (χ0n) is 14.8. The minimum atomic E-state index is -0.00763.